The van der Waals surface area contributed by atoms with Gasteiger partial charge in [0.1, 0.15) is 12.7 Å². The topological polar surface area (TPSA) is 86.7 Å². The summed E-state index contributed by atoms with van der Waals surface area (Å²) in [5.41, 5.74) is 0.739. The number of ketones is 2. The fourth-order valence-corrected chi connectivity index (χ4v) is 7.69. The molecule has 0 aliphatic heterocycles. The number of rotatable bonds is 4. The number of carbonyl (C=O) groups is 4. The van der Waals surface area contributed by atoms with Crippen LogP contribution in [0.1, 0.15) is 72.6 Å². The number of fused-ring (bicyclic) bond motifs is 5. The van der Waals surface area contributed by atoms with Gasteiger partial charge in [-0.25, -0.2) is 0 Å². The molecule has 6 heteroatoms. The zero-order valence-corrected chi connectivity index (χ0v) is 19.1. The molecule has 4 aliphatic carbocycles. The predicted molar refractivity (Wildman–Crippen MR) is 113 cm³/mol. The van der Waals surface area contributed by atoms with Gasteiger partial charge in [-0.1, -0.05) is 13.8 Å². The maximum atomic E-state index is 12.9. The first-order valence-electron chi connectivity index (χ1n) is 11.6. The Hall–Kier alpha value is -1.98. The van der Waals surface area contributed by atoms with Gasteiger partial charge in [0.15, 0.2) is 11.6 Å². The summed E-state index contributed by atoms with van der Waals surface area (Å²) in [4.78, 5) is 48.2. The molecule has 0 aromatic rings. The smallest absolute Gasteiger partial charge is 0.303 e. The van der Waals surface area contributed by atoms with Gasteiger partial charge in [-0.2, -0.15) is 0 Å². The lowest BCUT2D eigenvalue weighted by Crippen LogP contribution is -2.55. The highest BCUT2D eigenvalue weighted by atomic mass is 16.5. The van der Waals surface area contributed by atoms with Crippen molar-refractivity contribution >= 4 is 23.5 Å². The van der Waals surface area contributed by atoms with Crippen molar-refractivity contribution in [2.75, 3.05) is 6.61 Å². The molecule has 31 heavy (non-hydrogen) atoms. The number of esters is 2. The standard InChI is InChI=1S/C25H34O6/c1-14(26)30-13-22(29)20-6-5-18-17-12-23(31-15(2)27)21-11-16(28)7-9-25(21,4)19(17)8-10-24(18,20)3/h11,17-20,23H,5-10,12-13H2,1-4H3/t17-,18-,19-,20+,23-,24-,25+/m0/s1. The Kier molecular flexibility index (Phi) is 5.63. The summed E-state index contributed by atoms with van der Waals surface area (Å²) >= 11 is 0. The number of Topliss-reactive ketones (excluding diaryl/α,β-unsaturated/α-hetero) is 1. The fraction of sp³-hybridized carbons (Fsp3) is 0.760. The van der Waals surface area contributed by atoms with Gasteiger partial charge in [-0.05, 0) is 78.8 Å². The molecule has 4 aliphatic rings. The minimum Gasteiger partial charge on any atom is -0.458 e. The number of hydrogen-bond donors (Lipinski definition) is 0. The molecule has 0 saturated heterocycles. The van der Waals surface area contributed by atoms with Crippen LogP contribution < -0.4 is 0 Å². The summed E-state index contributed by atoms with van der Waals surface area (Å²) < 4.78 is 10.8. The van der Waals surface area contributed by atoms with Crippen LogP contribution >= 0.6 is 0 Å². The van der Waals surface area contributed by atoms with Crippen molar-refractivity contribution in [2.24, 2.45) is 34.5 Å². The van der Waals surface area contributed by atoms with E-state index in [0.29, 0.717) is 24.2 Å². The molecule has 170 valence electrons. The van der Waals surface area contributed by atoms with E-state index >= 15 is 0 Å². The molecule has 0 radical (unpaired) electrons. The molecule has 0 N–H and O–H groups in total. The largest absolute Gasteiger partial charge is 0.458 e. The van der Waals surface area contributed by atoms with Gasteiger partial charge in [0, 0.05) is 26.2 Å². The maximum absolute atomic E-state index is 12.9. The van der Waals surface area contributed by atoms with Crippen molar-refractivity contribution in [3.8, 4) is 0 Å². The van der Waals surface area contributed by atoms with Crippen LogP contribution in [0.15, 0.2) is 11.6 Å². The van der Waals surface area contributed by atoms with Crippen molar-refractivity contribution in [3.63, 3.8) is 0 Å². The second kappa shape index (κ2) is 7.86. The zero-order valence-electron chi connectivity index (χ0n) is 19.1. The Morgan fingerprint density at radius 3 is 2.45 bits per heavy atom. The summed E-state index contributed by atoms with van der Waals surface area (Å²) in [6.07, 6.45) is 7.22. The zero-order chi connectivity index (χ0) is 22.6. The third kappa shape index (κ3) is 3.66. The molecule has 0 unspecified atom stereocenters. The highest BCUT2D eigenvalue weighted by molar-refractivity contribution is 5.92. The van der Waals surface area contributed by atoms with Gasteiger partial charge in [0.2, 0.25) is 0 Å². The lowest BCUT2D eigenvalue weighted by Gasteiger charge is -2.59. The highest BCUT2D eigenvalue weighted by Crippen LogP contribution is 2.67. The molecular weight excluding hydrogens is 396 g/mol. The van der Waals surface area contributed by atoms with Gasteiger partial charge in [-0.15, -0.1) is 0 Å². The molecule has 4 rings (SSSR count). The number of carbonyl (C=O) groups excluding carboxylic acids is 4. The second-order valence-electron chi connectivity index (χ2n) is 10.6. The van der Waals surface area contributed by atoms with Crippen LogP contribution in [0, 0.1) is 34.5 Å². The van der Waals surface area contributed by atoms with E-state index in [2.05, 4.69) is 13.8 Å². The summed E-state index contributed by atoms with van der Waals surface area (Å²) in [5, 5.41) is 0. The lowest BCUT2D eigenvalue weighted by atomic mass is 9.46. The van der Waals surface area contributed by atoms with Crippen LogP contribution in [-0.4, -0.2) is 36.2 Å². The average molecular weight is 431 g/mol. The van der Waals surface area contributed by atoms with Gasteiger partial charge in [0.05, 0.1) is 0 Å². The summed E-state index contributed by atoms with van der Waals surface area (Å²) in [6.45, 7) is 7.10. The number of ether oxygens (including phenoxy) is 2. The second-order valence-corrected chi connectivity index (χ2v) is 10.6. The monoisotopic (exact) mass is 430 g/mol. The molecule has 0 aromatic carbocycles. The molecule has 0 spiro atoms. The molecule has 0 aromatic heterocycles. The third-order valence-corrected chi connectivity index (χ3v) is 9.07. The van der Waals surface area contributed by atoms with Crippen molar-refractivity contribution in [3.05, 3.63) is 11.6 Å². The maximum Gasteiger partial charge on any atom is 0.303 e. The SMILES string of the molecule is CC(=O)OCC(=O)[C@H]1CC[C@H]2[C@@H]3C[C@H](OC(C)=O)C4=CC(=O)CC[C@]4(C)[C@H]3CC[C@]12C. The molecule has 3 saturated carbocycles. The van der Waals surface area contributed by atoms with E-state index in [9.17, 15) is 19.2 Å². The minimum atomic E-state index is -0.424. The summed E-state index contributed by atoms with van der Waals surface area (Å²) in [6, 6.07) is 0. The predicted octanol–water partition coefficient (Wildman–Crippen LogP) is 3.81. The highest BCUT2D eigenvalue weighted by Gasteiger charge is 2.62. The first-order valence-corrected chi connectivity index (χ1v) is 11.6. The third-order valence-electron chi connectivity index (χ3n) is 9.07. The van der Waals surface area contributed by atoms with E-state index < -0.39 is 5.97 Å². The van der Waals surface area contributed by atoms with Gasteiger partial charge >= 0.3 is 11.9 Å². The van der Waals surface area contributed by atoms with E-state index in [1.54, 1.807) is 6.08 Å². The Bertz CT molecular complexity index is 843. The molecule has 6 nitrogen and oxygen atoms in total. The first kappa shape index (κ1) is 22.2. The number of hydrogen-bond acceptors (Lipinski definition) is 6. The lowest BCUT2D eigenvalue weighted by molar-refractivity contribution is -0.155. The van der Waals surface area contributed by atoms with Gasteiger partial charge < -0.3 is 9.47 Å². The first-order chi connectivity index (χ1) is 14.6. The minimum absolute atomic E-state index is 0.0288. The molecular formula is C25H34O6. The Labute approximate surface area is 184 Å². The van der Waals surface area contributed by atoms with Crippen LogP contribution in [0.3, 0.4) is 0 Å². The molecule has 3 fully saturated rings. The normalized spacial score (nSPS) is 41.4. The fourth-order valence-electron chi connectivity index (χ4n) is 7.69. The van der Waals surface area contributed by atoms with E-state index in [1.165, 1.54) is 13.8 Å². The van der Waals surface area contributed by atoms with Crippen LogP contribution in [0.2, 0.25) is 0 Å². The van der Waals surface area contributed by atoms with Crippen LogP contribution in [-0.2, 0) is 28.7 Å². The van der Waals surface area contributed by atoms with Gasteiger partial charge in [0.25, 0.3) is 0 Å². The van der Waals surface area contributed by atoms with Crippen molar-refractivity contribution in [1.82, 2.24) is 0 Å². The molecule has 7 atom stereocenters. The summed E-state index contributed by atoms with van der Waals surface area (Å²) in [5.74, 6) is 0.469. The Balaban J connectivity index is 1.63. The van der Waals surface area contributed by atoms with Crippen LogP contribution in [0.4, 0.5) is 0 Å². The van der Waals surface area contributed by atoms with Crippen molar-refractivity contribution in [2.45, 2.75) is 78.7 Å². The van der Waals surface area contributed by atoms with E-state index in [-0.39, 0.29) is 47.0 Å². The molecule has 0 bridgehead atoms. The molecule has 0 heterocycles. The van der Waals surface area contributed by atoms with E-state index in [1.807, 2.05) is 0 Å². The van der Waals surface area contributed by atoms with Crippen LogP contribution in [0.5, 0.6) is 0 Å². The average Bonchev–Trinajstić information content (AvgIpc) is 3.04. The van der Waals surface area contributed by atoms with E-state index in [0.717, 1.165) is 44.1 Å². The van der Waals surface area contributed by atoms with Crippen LogP contribution in [0.25, 0.3) is 0 Å². The Morgan fingerprint density at radius 2 is 1.77 bits per heavy atom. The van der Waals surface area contributed by atoms with Gasteiger partial charge in [-0.3, -0.25) is 19.2 Å². The quantitative estimate of drug-likeness (QED) is 0.631. The Morgan fingerprint density at radius 1 is 1.03 bits per heavy atom. The van der Waals surface area contributed by atoms with Crippen molar-refractivity contribution < 1.29 is 28.7 Å². The van der Waals surface area contributed by atoms with E-state index in [4.69, 9.17) is 9.47 Å². The molecule has 0 amide bonds. The summed E-state index contributed by atoms with van der Waals surface area (Å²) in [7, 11) is 0. The van der Waals surface area contributed by atoms with Crippen molar-refractivity contribution in [1.29, 1.82) is 0 Å².